The third-order valence-corrected chi connectivity index (χ3v) is 3.96. The second kappa shape index (κ2) is 16.0. The van der Waals surface area contributed by atoms with E-state index in [-0.39, 0.29) is 0 Å². The molecule has 0 radical (unpaired) electrons. The Balaban J connectivity index is 3.26. The van der Waals surface area contributed by atoms with Crippen molar-refractivity contribution >= 4 is 0 Å². The number of unbranched alkanes of at least 4 members (excludes halogenated alkanes) is 7. The smallest absolute Gasteiger partial charge is 0.0587 e. The third kappa shape index (κ3) is 14.1. The van der Waals surface area contributed by atoms with Crippen LogP contribution in [0.5, 0.6) is 0 Å². The molecule has 0 aromatic heterocycles. The zero-order chi connectivity index (χ0) is 14.2. The molecule has 0 spiro atoms. The van der Waals surface area contributed by atoms with Gasteiger partial charge in [0.15, 0.2) is 0 Å². The standard InChI is InChI=1S/C17H37NO/c1-4-6-7-8-9-10-11-12-13-17(5-2)16-18-14-15-19-3/h17-18H,4-16H2,1-3H3. The SMILES string of the molecule is CCCCCCCCCCC(CC)CNCCOC. The number of ether oxygens (including phenoxy) is 1. The summed E-state index contributed by atoms with van der Waals surface area (Å²) >= 11 is 0. The first-order valence-corrected chi connectivity index (χ1v) is 8.54. The molecule has 0 aromatic carbocycles. The van der Waals surface area contributed by atoms with E-state index < -0.39 is 0 Å². The van der Waals surface area contributed by atoms with Crippen LogP contribution in [-0.2, 0) is 4.74 Å². The molecule has 0 saturated carbocycles. The average molecular weight is 271 g/mol. The van der Waals surface area contributed by atoms with Gasteiger partial charge in [-0.2, -0.15) is 0 Å². The van der Waals surface area contributed by atoms with Gasteiger partial charge in [0.2, 0.25) is 0 Å². The molecule has 0 saturated heterocycles. The zero-order valence-corrected chi connectivity index (χ0v) is 13.7. The van der Waals surface area contributed by atoms with Crippen molar-refractivity contribution in [2.24, 2.45) is 5.92 Å². The Morgan fingerprint density at radius 3 is 2.11 bits per heavy atom. The van der Waals surface area contributed by atoms with E-state index in [9.17, 15) is 0 Å². The molecule has 0 heterocycles. The lowest BCUT2D eigenvalue weighted by molar-refractivity contribution is 0.197. The predicted molar refractivity (Wildman–Crippen MR) is 85.8 cm³/mol. The molecular weight excluding hydrogens is 234 g/mol. The van der Waals surface area contributed by atoms with Gasteiger partial charge in [-0.3, -0.25) is 0 Å². The van der Waals surface area contributed by atoms with E-state index in [1.165, 1.54) is 64.2 Å². The average Bonchev–Trinajstić information content (AvgIpc) is 2.44. The van der Waals surface area contributed by atoms with Gasteiger partial charge in [0.1, 0.15) is 0 Å². The summed E-state index contributed by atoms with van der Waals surface area (Å²) in [7, 11) is 1.76. The number of nitrogens with one attached hydrogen (secondary N) is 1. The first-order chi connectivity index (χ1) is 9.35. The van der Waals surface area contributed by atoms with E-state index in [1.54, 1.807) is 7.11 Å². The Morgan fingerprint density at radius 2 is 1.53 bits per heavy atom. The summed E-state index contributed by atoms with van der Waals surface area (Å²) in [6.45, 7) is 7.58. The Labute approximate surface area is 121 Å². The highest BCUT2D eigenvalue weighted by Gasteiger charge is 2.05. The van der Waals surface area contributed by atoms with Gasteiger partial charge >= 0.3 is 0 Å². The van der Waals surface area contributed by atoms with Gasteiger partial charge < -0.3 is 10.1 Å². The maximum Gasteiger partial charge on any atom is 0.0587 e. The van der Waals surface area contributed by atoms with Crippen LogP contribution in [0.3, 0.4) is 0 Å². The van der Waals surface area contributed by atoms with Crippen LogP contribution in [-0.4, -0.2) is 26.8 Å². The number of methoxy groups -OCH3 is 1. The maximum absolute atomic E-state index is 5.05. The molecule has 2 nitrogen and oxygen atoms in total. The fourth-order valence-electron chi connectivity index (χ4n) is 2.50. The fourth-order valence-corrected chi connectivity index (χ4v) is 2.50. The molecular formula is C17H37NO. The van der Waals surface area contributed by atoms with Crippen LogP contribution >= 0.6 is 0 Å². The van der Waals surface area contributed by atoms with Gasteiger partial charge in [-0.15, -0.1) is 0 Å². The van der Waals surface area contributed by atoms with Crippen molar-refractivity contribution in [1.29, 1.82) is 0 Å². The molecule has 116 valence electrons. The molecule has 0 rings (SSSR count). The first kappa shape index (κ1) is 18.9. The summed E-state index contributed by atoms with van der Waals surface area (Å²) in [6.07, 6.45) is 14.1. The van der Waals surface area contributed by atoms with Gasteiger partial charge in [-0.05, 0) is 18.9 Å². The molecule has 2 heteroatoms. The monoisotopic (exact) mass is 271 g/mol. The zero-order valence-electron chi connectivity index (χ0n) is 13.7. The molecule has 19 heavy (non-hydrogen) atoms. The minimum atomic E-state index is 0.828. The minimum Gasteiger partial charge on any atom is -0.383 e. The van der Waals surface area contributed by atoms with Gasteiger partial charge in [0.25, 0.3) is 0 Å². The van der Waals surface area contributed by atoms with Gasteiger partial charge in [0, 0.05) is 13.7 Å². The lowest BCUT2D eigenvalue weighted by atomic mass is 9.97. The van der Waals surface area contributed by atoms with Crippen LogP contribution < -0.4 is 5.32 Å². The molecule has 0 aliphatic rings. The Hall–Kier alpha value is -0.0800. The van der Waals surface area contributed by atoms with Crippen molar-refractivity contribution in [2.45, 2.75) is 78.1 Å². The Morgan fingerprint density at radius 1 is 0.895 bits per heavy atom. The van der Waals surface area contributed by atoms with Crippen LogP contribution in [0.15, 0.2) is 0 Å². The van der Waals surface area contributed by atoms with E-state index in [1.807, 2.05) is 0 Å². The summed E-state index contributed by atoms with van der Waals surface area (Å²) in [5, 5.41) is 3.49. The normalized spacial score (nSPS) is 12.8. The molecule has 0 aliphatic heterocycles. The largest absolute Gasteiger partial charge is 0.383 e. The van der Waals surface area contributed by atoms with E-state index in [0.29, 0.717) is 0 Å². The molecule has 1 N–H and O–H groups in total. The topological polar surface area (TPSA) is 21.3 Å². The number of hydrogen-bond acceptors (Lipinski definition) is 2. The van der Waals surface area contributed by atoms with E-state index in [0.717, 1.165) is 25.6 Å². The molecule has 1 atom stereocenters. The van der Waals surface area contributed by atoms with Crippen LogP contribution in [0.1, 0.15) is 78.1 Å². The van der Waals surface area contributed by atoms with Crippen molar-refractivity contribution in [3.8, 4) is 0 Å². The minimum absolute atomic E-state index is 0.828. The molecule has 1 unspecified atom stereocenters. The van der Waals surface area contributed by atoms with Gasteiger partial charge in [0.05, 0.1) is 6.61 Å². The summed E-state index contributed by atoms with van der Waals surface area (Å²) in [5.74, 6) is 0.858. The maximum atomic E-state index is 5.05. The van der Waals surface area contributed by atoms with Crippen molar-refractivity contribution in [3.05, 3.63) is 0 Å². The van der Waals surface area contributed by atoms with Gasteiger partial charge in [-0.25, -0.2) is 0 Å². The van der Waals surface area contributed by atoms with Crippen molar-refractivity contribution in [2.75, 3.05) is 26.8 Å². The van der Waals surface area contributed by atoms with Crippen LogP contribution in [0.2, 0.25) is 0 Å². The summed E-state index contributed by atoms with van der Waals surface area (Å²) in [6, 6.07) is 0. The van der Waals surface area contributed by atoms with E-state index in [2.05, 4.69) is 19.2 Å². The predicted octanol–water partition coefficient (Wildman–Crippen LogP) is 4.78. The van der Waals surface area contributed by atoms with Crippen molar-refractivity contribution < 1.29 is 4.74 Å². The molecule has 0 aromatic rings. The van der Waals surface area contributed by atoms with Crippen LogP contribution in [0.25, 0.3) is 0 Å². The third-order valence-electron chi connectivity index (χ3n) is 3.96. The van der Waals surface area contributed by atoms with Crippen molar-refractivity contribution in [1.82, 2.24) is 5.32 Å². The molecule has 0 amide bonds. The van der Waals surface area contributed by atoms with E-state index in [4.69, 9.17) is 4.74 Å². The lowest BCUT2D eigenvalue weighted by Crippen LogP contribution is -2.25. The molecule has 0 aliphatic carbocycles. The summed E-state index contributed by atoms with van der Waals surface area (Å²) in [5.41, 5.74) is 0. The number of hydrogen-bond donors (Lipinski definition) is 1. The first-order valence-electron chi connectivity index (χ1n) is 8.54. The summed E-state index contributed by atoms with van der Waals surface area (Å²) in [4.78, 5) is 0. The quantitative estimate of drug-likeness (QED) is 0.433. The molecule has 0 fully saturated rings. The molecule has 0 bridgehead atoms. The highest BCUT2D eigenvalue weighted by molar-refractivity contribution is 4.61. The highest BCUT2D eigenvalue weighted by Crippen LogP contribution is 2.15. The van der Waals surface area contributed by atoms with Crippen molar-refractivity contribution in [3.63, 3.8) is 0 Å². The van der Waals surface area contributed by atoms with Crippen LogP contribution in [0.4, 0.5) is 0 Å². The number of rotatable bonds is 15. The highest BCUT2D eigenvalue weighted by atomic mass is 16.5. The lowest BCUT2D eigenvalue weighted by Gasteiger charge is -2.15. The van der Waals surface area contributed by atoms with Gasteiger partial charge in [-0.1, -0.05) is 71.6 Å². The summed E-state index contributed by atoms with van der Waals surface area (Å²) < 4.78 is 5.05. The van der Waals surface area contributed by atoms with E-state index >= 15 is 0 Å². The second-order valence-corrected chi connectivity index (χ2v) is 5.73. The fraction of sp³-hybridized carbons (Fsp3) is 1.00. The second-order valence-electron chi connectivity index (χ2n) is 5.73. The Bertz CT molecular complexity index is 161. The Kier molecular flexibility index (Phi) is 15.9. The van der Waals surface area contributed by atoms with Crippen LogP contribution in [0, 0.1) is 5.92 Å².